The van der Waals surface area contributed by atoms with E-state index >= 15 is 0 Å². The minimum Gasteiger partial charge on any atom is -0.378 e. The first-order chi connectivity index (χ1) is 15.4. The lowest BCUT2D eigenvalue weighted by Crippen LogP contribution is -2.17. The molecule has 4 aromatic rings. The Balaban J connectivity index is 1.53. The second-order valence-corrected chi connectivity index (χ2v) is 9.26. The average molecular weight is 509 g/mol. The number of rotatable bonds is 6. The van der Waals surface area contributed by atoms with Crippen LogP contribution in [0.4, 0.5) is 0 Å². The number of hydrogen-bond donors (Lipinski definition) is 1. The van der Waals surface area contributed by atoms with Crippen molar-refractivity contribution in [2.75, 3.05) is 0 Å². The van der Waals surface area contributed by atoms with Crippen molar-refractivity contribution < 1.29 is 17.4 Å². The molecule has 0 aromatic heterocycles. The van der Waals surface area contributed by atoms with Crippen molar-refractivity contribution in [3.63, 3.8) is 0 Å². The maximum atomic E-state index is 12.6. The molecule has 0 spiro atoms. The van der Waals surface area contributed by atoms with Crippen LogP contribution in [0.1, 0.15) is 15.9 Å². The van der Waals surface area contributed by atoms with Crippen molar-refractivity contribution >= 4 is 48.9 Å². The molecular weight excluding hydrogens is 492 g/mol. The molecular formula is C24H17BrN2O4S. The molecule has 4 rings (SSSR count). The number of halogens is 1. The predicted octanol–water partition coefficient (Wildman–Crippen LogP) is 5.13. The lowest BCUT2D eigenvalue weighted by atomic mass is 10.1. The van der Waals surface area contributed by atoms with Crippen LogP contribution < -0.4 is 9.61 Å². The molecule has 0 bridgehead atoms. The molecule has 160 valence electrons. The monoisotopic (exact) mass is 508 g/mol. The molecule has 0 saturated heterocycles. The molecule has 0 unspecified atom stereocenters. The average Bonchev–Trinajstić information content (AvgIpc) is 2.81. The van der Waals surface area contributed by atoms with Gasteiger partial charge in [-0.25, -0.2) is 5.43 Å². The molecule has 0 saturated carbocycles. The van der Waals surface area contributed by atoms with Crippen molar-refractivity contribution in [1.82, 2.24) is 5.43 Å². The number of hydrogen-bond acceptors (Lipinski definition) is 5. The fraction of sp³-hybridized carbons (Fsp3) is 0. The Hall–Kier alpha value is -3.49. The molecule has 0 fully saturated rings. The quantitative estimate of drug-likeness (QED) is 0.222. The molecule has 0 aliphatic rings. The molecule has 8 heteroatoms. The number of fused-ring (bicyclic) bond motifs is 1. The van der Waals surface area contributed by atoms with Crippen LogP contribution in [0.5, 0.6) is 5.75 Å². The van der Waals surface area contributed by atoms with Gasteiger partial charge in [0.15, 0.2) is 5.75 Å². The van der Waals surface area contributed by atoms with Gasteiger partial charge in [-0.2, -0.15) is 13.5 Å². The summed E-state index contributed by atoms with van der Waals surface area (Å²) in [7, 11) is -4.02. The highest BCUT2D eigenvalue weighted by Crippen LogP contribution is 2.25. The second-order valence-electron chi connectivity index (χ2n) is 6.79. The maximum absolute atomic E-state index is 12.6. The first-order valence-corrected chi connectivity index (χ1v) is 11.7. The van der Waals surface area contributed by atoms with E-state index in [1.54, 1.807) is 42.5 Å². The third-order valence-corrected chi connectivity index (χ3v) is 6.33. The topological polar surface area (TPSA) is 84.8 Å². The van der Waals surface area contributed by atoms with Crippen LogP contribution in [0.2, 0.25) is 0 Å². The van der Waals surface area contributed by atoms with Crippen LogP contribution >= 0.6 is 15.9 Å². The number of carbonyl (C=O) groups is 1. The number of carbonyl (C=O) groups excluding carboxylic acids is 1. The molecule has 1 amide bonds. The highest BCUT2D eigenvalue weighted by atomic mass is 79.9. The highest BCUT2D eigenvalue weighted by Gasteiger charge is 2.18. The molecule has 0 atom stereocenters. The molecule has 0 aliphatic carbocycles. The zero-order valence-electron chi connectivity index (χ0n) is 16.6. The SMILES string of the molecule is O=C(N/N=C\c1cc(Br)ccc1OS(=O)(=O)c1ccccc1)c1ccc2ccccc2c1. The number of nitrogens with zero attached hydrogens (tertiary/aromatic N) is 1. The van der Waals surface area contributed by atoms with Crippen LogP contribution in [0.25, 0.3) is 10.8 Å². The van der Waals surface area contributed by atoms with Gasteiger partial charge in [-0.1, -0.05) is 64.5 Å². The van der Waals surface area contributed by atoms with Gasteiger partial charge in [0.2, 0.25) is 0 Å². The van der Waals surface area contributed by atoms with E-state index in [-0.39, 0.29) is 16.6 Å². The van der Waals surface area contributed by atoms with Gasteiger partial charge in [0.05, 0.1) is 6.21 Å². The van der Waals surface area contributed by atoms with Gasteiger partial charge >= 0.3 is 10.1 Å². The Morgan fingerprint density at radius 2 is 1.59 bits per heavy atom. The van der Waals surface area contributed by atoms with E-state index in [2.05, 4.69) is 26.5 Å². The maximum Gasteiger partial charge on any atom is 0.339 e. The minimum atomic E-state index is -4.02. The molecule has 4 aromatic carbocycles. The second kappa shape index (κ2) is 9.33. The zero-order chi connectivity index (χ0) is 22.6. The van der Waals surface area contributed by atoms with Crippen molar-refractivity contribution in [3.05, 3.63) is 107 Å². The largest absolute Gasteiger partial charge is 0.378 e. The smallest absolute Gasteiger partial charge is 0.339 e. The lowest BCUT2D eigenvalue weighted by Gasteiger charge is -2.10. The van der Waals surface area contributed by atoms with Crippen LogP contribution in [0, 0.1) is 0 Å². The normalized spacial score (nSPS) is 11.5. The van der Waals surface area contributed by atoms with Crippen molar-refractivity contribution in [2.24, 2.45) is 5.10 Å². The van der Waals surface area contributed by atoms with Crippen molar-refractivity contribution in [3.8, 4) is 5.75 Å². The first kappa shape index (κ1) is 21.7. The number of nitrogens with one attached hydrogen (secondary N) is 1. The summed E-state index contributed by atoms with van der Waals surface area (Å²) in [5, 5.41) is 5.96. The Kier molecular flexibility index (Phi) is 6.34. The number of benzene rings is 4. The molecule has 1 N–H and O–H groups in total. The summed E-state index contributed by atoms with van der Waals surface area (Å²) in [6, 6.07) is 25.7. The van der Waals surface area contributed by atoms with E-state index in [4.69, 9.17) is 4.18 Å². The van der Waals surface area contributed by atoms with E-state index in [0.29, 0.717) is 15.6 Å². The third kappa shape index (κ3) is 5.04. The Labute approximate surface area is 193 Å². The minimum absolute atomic E-state index is 0.0374. The fourth-order valence-corrected chi connectivity index (χ4v) is 4.36. The predicted molar refractivity (Wildman–Crippen MR) is 127 cm³/mol. The number of hydrazone groups is 1. The molecule has 0 radical (unpaired) electrons. The summed E-state index contributed by atoms with van der Waals surface area (Å²) < 4.78 is 31.1. The van der Waals surface area contributed by atoms with E-state index in [9.17, 15) is 13.2 Å². The Bertz CT molecular complexity index is 1420. The summed E-state index contributed by atoms with van der Waals surface area (Å²) in [4.78, 5) is 12.5. The van der Waals surface area contributed by atoms with Crippen LogP contribution in [-0.2, 0) is 10.1 Å². The molecule has 0 heterocycles. The molecule has 0 aliphatic heterocycles. The van der Waals surface area contributed by atoms with E-state index in [1.165, 1.54) is 24.4 Å². The van der Waals surface area contributed by atoms with Gasteiger partial charge in [-0.05, 0) is 53.2 Å². The van der Waals surface area contributed by atoms with Crippen LogP contribution in [-0.4, -0.2) is 20.5 Å². The van der Waals surface area contributed by atoms with Gasteiger partial charge in [0, 0.05) is 15.6 Å². The van der Waals surface area contributed by atoms with Crippen LogP contribution in [0.3, 0.4) is 0 Å². The van der Waals surface area contributed by atoms with Gasteiger partial charge in [0.1, 0.15) is 4.90 Å². The van der Waals surface area contributed by atoms with Crippen molar-refractivity contribution in [2.45, 2.75) is 4.90 Å². The Morgan fingerprint density at radius 3 is 2.38 bits per heavy atom. The third-order valence-electron chi connectivity index (χ3n) is 4.58. The fourth-order valence-electron chi connectivity index (χ4n) is 3.01. The van der Waals surface area contributed by atoms with Gasteiger partial charge in [-0.15, -0.1) is 0 Å². The van der Waals surface area contributed by atoms with Gasteiger partial charge in [-0.3, -0.25) is 4.79 Å². The summed E-state index contributed by atoms with van der Waals surface area (Å²) >= 11 is 3.35. The zero-order valence-corrected chi connectivity index (χ0v) is 19.0. The summed E-state index contributed by atoms with van der Waals surface area (Å²) in [6.07, 6.45) is 1.33. The summed E-state index contributed by atoms with van der Waals surface area (Å²) in [6.45, 7) is 0. The first-order valence-electron chi connectivity index (χ1n) is 9.54. The van der Waals surface area contributed by atoms with E-state index in [0.717, 1.165) is 10.8 Å². The highest BCUT2D eigenvalue weighted by molar-refractivity contribution is 9.10. The van der Waals surface area contributed by atoms with Gasteiger partial charge in [0.25, 0.3) is 5.91 Å². The molecule has 6 nitrogen and oxygen atoms in total. The molecule has 32 heavy (non-hydrogen) atoms. The van der Waals surface area contributed by atoms with Crippen LogP contribution in [0.15, 0.2) is 105 Å². The standard InChI is InChI=1S/C24H17BrN2O4S/c25-21-12-13-23(31-32(29,30)22-8-2-1-3-9-22)20(15-21)16-26-27-24(28)19-11-10-17-6-4-5-7-18(17)14-19/h1-16H,(H,27,28)/b26-16-. The van der Waals surface area contributed by atoms with E-state index < -0.39 is 10.1 Å². The lowest BCUT2D eigenvalue weighted by molar-refractivity contribution is 0.0955. The van der Waals surface area contributed by atoms with E-state index in [1.807, 2.05) is 30.3 Å². The summed E-state index contributed by atoms with van der Waals surface area (Å²) in [5.74, 6) is -0.304. The van der Waals surface area contributed by atoms with Gasteiger partial charge < -0.3 is 4.18 Å². The summed E-state index contributed by atoms with van der Waals surface area (Å²) in [5.41, 5.74) is 3.29. The number of amides is 1. The van der Waals surface area contributed by atoms with Crippen molar-refractivity contribution in [1.29, 1.82) is 0 Å². The Morgan fingerprint density at radius 1 is 0.875 bits per heavy atom.